The minimum absolute atomic E-state index is 0.828. The first kappa shape index (κ1) is 27.5. The van der Waals surface area contributed by atoms with Gasteiger partial charge in [0.25, 0.3) is 0 Å². The molecular formula is C29H50N2. The standard InChI is InChI=1S/C29H50N2/c1-3-5-7-9-11-13-15-17-21-25-31(29-24-20-19-23-28(29)27-30)26-22-18-16-14-12-10-8-6-4-2/h19-20,23-24H,3-18,21-22,25-26H2,1-2H3. The van der Waals surface area contributed by atoms with Crippen molar-refractivity contribution in [3.63, 3.8) is 0 Å². The number of nitrogens with zero attached hydrogens (tertiary/aromatic N) is 2. The molecule has 0 aliphatic carbocycles. The Hall–Kier alpha value is -1.49. The van der Waals surface area contributed by atoms with E-state index in [1.54, 1.807) is 0 Å². The Labute approximate surface area is 194 Å². The van der Waals surface area contributed by atoms with Crippen molar-refractivity contribution in [3.8, 4) is 6.07 Å². The van der Waals surface area contributed by atoms with E-state index in [2.05, 4.69) is 36.9 Å². The molecule has 0 saturated carbocycles. The first-order valence-electron chi connectivity index (χ1n) is 13.6. The number of hydrogen-bond acceptors (Lipinski definition) is 2. The average Bonchev–Trinajstić information content (AvgIpc) is 2.80. The fourth-order valence-electron chi connectivity index (χ4n) is 4.42. The third-order valence-electron chi connectivity index (χ3n) is 6.43. The summed E-state index contributed by atoms with van der Waals surface area (Å²) in [7, 11) is 0. The van der Waals surface area contributed by atoms with Crippen molar-refractivity contribution in [2.75, 3.05) is 18.0 Å². The number of nitriles is 1. The summed E-state index contributed by atoms with van der Waals surface area (Å²) in [5, 5.41) is 9.55. The van der Waals surface area contributed by atoms with E-state index in [0.717, 1.165) is 24.3 Å². The van der Waals surface area contributed by atoms with Gasteiger partial charge in [0.2, 0.25) is 0 Å². The molecule has 0 radical (unpaired) electrons. The lowest BCUT2D eigenvalue weighted by atomic mass is 10.1. The third kappa shape index (κ3) is 14.2. The van der Waals surface area contributed by atoms with Crippen LogP contribution in [0.1, 0.15) is 135 Å². The molecule has 0 N–H and O–H groups in total. The molecule has 31 heavy (non-hydrogen) atoms. The van der Waals surface area contributed by atoms with E-state index in [1.807, 2.05) is 12.1 Å². The van der Waals surface area contributed by atoms with Crippen molar-refractivity contribution in [2.24, 2.45) is 0 Å². The van der Waals surface area contributed by atoms with Crippen LogP contribution in [-0.2, 0) is 0 Å². The van der Waals surface area contributed by atoms with Gasteiger partial charge in [-0.1, -0.05) is 129 Å². The molecule has 0 spiro atoms. The Morgan fingerprint density at radius 2 is 0.968 bits per heavy atom. The van der Waals surface area contributed by atoms with Crippen LogP contribution in [0.3, 0.4) is 0 Å². The van der Waals surface area contributed by atoms with Crippen LogP contribution in [0.5, 0.6) is 0 Å². The van der Waals surface area contributed by atoms with Gasteiger partial charge in [-0.2, -0.15) is 5.26 Å². The zero-order valence-electron chi connectivity index (χ0n) is 20.8. The second kappa shape index (κ2) is 20.4. The molecule has 0 bridgehead atoms. The van der Waals surface area contributed by atoms with E-state index < -0.39 is 0 Å². The van der Waals surface area contributed by atoms with Crippen molar-refractivity contribution >= 4 is 5.69 Å². The number of para-hydroxylation sites is 1. The molecule has 0 aromatic heterocycles. The Morgan fingerprint density at radius 3 is 1.39 bits per heavy atom. The van der Waals surface area contributed by atoms with Crippen LogP contribution in [0.25, 0.3) is 0 Å². The predicted octanol–water partition coefficient (Wildman–Crippen LogP) is 9.43. The van der Waals surface area contributed by atoms with Crippen LogP contribution in [0.2, 0.25) is 0 Å². The largest absolute Gasteiger partial charge is 0.370 e. The normalized spacial score (nSPS) is 10.9. The van der Waals surface area contributed by atoms with Crippen molar-refractivity contribution < 1.29 is 0 Å². The third-order valence-corrected chi connectivity index (χ3v) is 6.43. The topological polar surface area (TPSA) is 27.0 Å². The lowest BCUT2D eigenvalue weighted by Crippen LogP contribution is -2.26. The molecule has 2 nitrogen and oxygen atoms in total. The molecule has 0 heterocycles. The second-order valence-electron chi connectivity index (χ2n) is 9.27. The summed E-state index contributed by atoms with van der Waals surface area (Å²) in [5.41, 5.74) is 1.97. The predicted molar refractivity (Wildman–Crippen MR) is 138 cm³/mol. The zero-order valence-corrected chi connectivity index (χ0v) is 20.8. The van der Waals surface area contributed by atoms with E-state index in [0.29, 0.717) is 0 Å². The van der Waals surface area contributed by atoms with Gasteiger partial charge in [-0.15, -0.1) is 0 Å². The Kier molecular flexibility index (Phi) is 18.1. The fourth-order valence-corrected chi connectivity index (χ4v) is 4.42. The fraction of sp³-hybridized carbons (Fsp3) is 0.759. The van der Waals surface area contributed by atoms with Gasteiger partial charge in [0, 0.05) is 13.1 Å². The SMILES string of the molecule is CCCCCCCCCCCN(CCCCCCCCCCC)c1ccccc1C#N. The Balaban J connectivity index is 2.31. The van der Waals surface area contributed by atoms with E-state index in [1.165, 1.54) is 116 Å². The maximum Gasteiger partial charge on any atom is 0.101 e. The Morgan fingerprint density at radius 1 is 0.581 bits per heavy atom. The van der Waals surface area contributed by atoms with Gasteiger partial charge >= 0.3 is 0 Å². The van der Waals surface area contributed by atoms with Gasteiger partial charge < -0.3 is 4.90 Å². The van der Waals surface area contributed by atoms with Crippen LogP contribution in [0.4, 0.5) is 5.69 Å². The summed E-state index contributed by atoms with van der Waals surface area (Å²) in [5.74, 6) is 0. The number of unbranched alkanes of at least 4 members (excludes halogenated alkanes) is 16. The summed E-state index contributed by atoms with van der Waals surface area (Å²) in [4.78, 5) is 2.49. The van der Waals surface area contributed by atoms with E-state index in [-0.39, 0.29) is 0 Å². The summed E-state index contributed by atoms with van der Waals surface area (Å²) in [6.45, 7) is 6.74. The molecule has 0 saturated heterocycles. The number of anilines is 1. The maximum atomic E-state index is 9.55. The Bertz CT molecular complexity index is 538. The van der Waals surface area contributed by atoms with Gasteiger partial charge in [-0.3, -0.25) is 0 Å². The van der Waals surface area contributed by atoms with Crippen LogP contribution in [0, 0.1) is 11.3 Å². The summed E-state index contributed by atoms with van der Waals surface area (Å²) in [6.07, 6.45) is 24.5. The van der Waals surface area contributed by atoms with Gasteiger partial charge in [-0.05, 0) is 25.0 Å². The summed E-state index contributed by atoms with van der Waals surface area (Å²) < 4.78 is 0. The molecule has 176 valence electrons. The first-order valence-corrected chi connectivity index (χ1v) is 13.6. The number of hydrogen-bond donors (Lipinski definition) is 0. The minimum atomic E-state index is 0.828. The molecule has 0 unspecified atom stereocenters. The molecule has 1 aromatic rings. The molecule has 0 amide bonds. The molecule has 0 fully saturated rings. The molecule has 2 heteroatoms. The summed E-state index contributed by atoms with van der Waals surface area (Å²) >= 11 is 0. The number of rotatable bonds is 21. The van der Waals surface area contributed by atoms with Crippen molar-refractivity contribution in [1.82, 2.24) is 0 Å². The lowest BCUT2D eigenvalue weighted by Gasteiger charge is -2.26. The van der Waals surface area contributed by atoms with Crippen molar-refractivity contribution in [1.29, 1.82) is 5.26 Å². The van der Waals surface area contributed by atoms with Crippen LogP contribution in [-0.4, -0.2) is 13.1 Å². The van der Waals surface area contributed by atoms with Crippen LogP contribution < -0.4 is 4.90 Å². The van der Waals surface area contributed by atoms with E-state index >= 15 is 0 Å². The molecule has 0 atom stereocenters. The highest BCUT2D eigenvalue weighted by atomic mass is 15.1. The highest BCUT2D eigenvalue weighted by molar-refractivity contribution is 5.59. The molecule has 0 aliphatic heterocycles. The van der Waals surface area contributed by atoms with E-state index in [9.17, 15) is 5.26 Å². The zero-order chi connectivity index (χ0) is 22.4. The van der Waals surface area contributed by atoms with E-state index in [4.69, 9.17) is 0 Å². The quantitative estimate of drug-likeness (QED) is 0.183. The monoisotopic (exact) mass is 426 g/mol. The highest BCUT2D eigenvalue weighted by Gasteiger charge is 2.10. The van der Waals surface area contributed by atoms with Gasteiger partial charge in [-0.25, -0.2) is 0 Å². The van der Waals surface area contributed by atoms with Gasteiger partial charge in [0.05, 0.1) is 11.3 Å². The maximum absolute atomic E-state index is 9.55. The summed E-state index contributed by atoms with van der Waals surface area (Å²) in [6, 6.07) is 10.6. The molecule has 1 rings (SSSR count). The molecule has 1 aromatic carbocycles. The highest BCUT2D eigenvalue weighted by Crippen LogP contribution is 2.22. The second-order valence-corrected chi connectivity index (χ2v) is 9.27. The van der Waals surface area contributed by atoms with Crippen LogP contribution in [0.15, 0.2) is 24.3 Å². The van der Waals surface area contributed by atoms with Crippen LogP contribution >= 0.6 is 0 Å². The first-order chi connectivity index (χ1) is 15.3. The number of benzene rings is 1. The average molecular weight is 427 g/mol. The van der Waals surface area contributed by atoms with Crippen molar-refractivity contribution in [2.45, 2.75) is 129 Å². The molecular weight excluding hydrogens is 376 g/mol. The van der Waals surface area contributed by atoms with Gasteiger partial charge in [0.1, 0.15) is 6.07 Å². The van der Waals surface area contributed by atoms with Gasteiger partial charge in [0.15, 0.2) is 0 Å². The minimum Gasteiger partial charge on any atom is -0.370 e. The molecule has 0 aliphatic rings. The smallest absolute Gasteiger partial charge is 0.101 e. The lowest BCUT2D eigenvalue weighted by molar-refractivity contribution is 0.548. The van der Waals surface area contributed by atoms with Crippen molar-refractivity contribution in [3.05, 3.63) is 29.8 Å².